The van der Waals surface area contributed by atoms with Crippen molar-refractivity contribution in [3.8, 4) is 0 Å². The fourth-order valence-electron chi connectivity index (χ4n) is 2.94. The number of carboxylic acid groups (broad SMARTS) is 1. The van der Waals surface area contributed by atoms with Gasteiger partial charge in [0.25, 0.3) is 0 Å². The molecule has 0 unspecified atom stereocenters. The van der Waals surface area contributed by atoms with Crippen LogP contribution in [0.4, 0.5) is 5.82 Å². The molecule has 2 heterocycles. The third-order valence-corrected chi connectivity index (χ3v) is 4.23. The third-order valence-electron chi connectivity index (χ3n) is 4.23. The molecule has 3 rings (SSSR count). The molecule has 0 aliphatic rings. The molecule has 0 fully saturated rings. The van der Waals surface area contributed by atoms with Crippen molar-refractivity contribution in [2.24, 2.45) is 7.05 Å². The summed E-state index contributed by atoms with van der Waals surface area (Å²) < 4.78 is 1.81. The summed E-state index contributed by atoms with van der Waals surface area (Å²) in [4.78, 5) is 20.1. The van der Waals surface area contributed by atoms with Crippen LogP contribution < -0.4 is 5.32 Å². The van der Waals surface area contributed by atoms with E-state index in [-0.39, 0.29) is 6.42 Å². The van der Waals surface area contributed by atoms with E-state index >= 15 is 0 Å². The predicted octanol–water partition coefficient (Wildman–Crippen LogP) is 2.95. The topological polar surface area (TPSA) is 92.9 Å². The van der Waals surface area contributed by atoms with Crippen molar-refractivity contribution in [1.82, 2.24) is 19.7 Å². The number of carbonyl (C=O) groups is 1. The number of nitrogens with one attached hydrogen (secondary N) is 1. The molecule has 0 radical (unpaired) electrons. The lowest BCUT2D eigenvalue weighted by molar-refractivity contribution is -0.137. The quantitative estimate of drug-likeness (QED) is 0.647. The lowest BCUT2D eigenvalue weighted by Crippen LogP contribution is -2.08. The minimum atomic E-state index is -0.802. The maximum Gasteiger partial charge on any atom is 0.303 e. The normalized spacial score (nSPS) is 11.0. The van der Waals surface area contributed by atoms with Crippen LogP contribution in [0.3, 0.4) is 0 Å². The maximum atomic E-state index is 10.8. The van der Waals surface area contributed by atoms with E-state index < -0.39 is 5.97 Å². The molecule has 2 N–H and O–H groups in total. The van der Waals surface area contributed by atoms with Gasteiger partial charge in [-0.15, -0.1) is 0 Å². The lowest BCUT2D eigenvalue weighted by Gasteiger charge is -2.10. The smallest absolute Gasteiger partial charge is 0.303 e. The minimum Gasteiger partial charge on any atom is -0.481 e. The second-order valence-corrected chi connectivity index (χ2v) is 6.20. The molecule has 0 aliphatic heterocycles. The van der Waals surface area contributed by atoms with Gasteiger partial charge in [0.15, 0.2) is 5.82 Å². The van der Waals surface area contributed by atoms with E-state index in [1.165, 1.54) is 0 Å². The van der Waals surface area contributed by atoms with Gasteiger partial charge in [0.05, 0.1) is 5.69 Å². The Balaban J connectivity index is 1.92. The van der Waals surface area contributed by atoms with Crippen LogP contribution in [0, 0.1) is 0 Å². The van der Waals surface area contributed by atoms with Crippen molar-refractivity contribution in [3.63, 3.8) is 0 Å². The van der Waals surface area contributed by atoms with Crippen molar-refractivity contribution in [1.29, 1.82) is 0 Å². The largest absolute Gasteiger partial charge is 0.481 e. The maximum absolute atomic E-state index is 10.8. The number of carboxylic acids is 1. The monoisotopic (exact) mass is 353 g/mol. The summed E-state index contributed by atoms with van der Waals surface area (Å²) >= 11 is 0. The van der Waals surface area contributed by atoms with Gasteiger partial charge >= 0.3 is 5.97 Å². The molecule has 7 heteroatoms. The molecule has 0 bridgehead atoms. The minimum absolute atomic E-state index is 0.113. The van der Waals surface area contributed by atoms with Crippen LogP contribution in [0.25, 0.3) is 11.0 Å². The Hall–Kier alpha value is -2.96. The van der Waals surface area contributed by atoms with Crippen LogP contribution >= 0.6 is 0 Å². The zero-order chi connectivity index (χ0) is 18.5. The molecule has 0 amide bonds. The number of nitrogens with zero attached hydrogens (tertiary/aromatic N) is 4. The third kappa shape index (κ3) is 3.99. The van der Waals surface area contributed by atoms with E-state index in [0.29, 0.717) is 25.2 Å². The van der Waals surface area contributed by atoms with Gasteiger partial charge < -0.3 is 10.4 Å². The second kappa shape index (κ2) is 7.95. The van der Waals surface area contributed by atoms with E-state index in [0.717, 1.165) is 34.5 Å². The Morgan fingerprint density at radius 1 is 1.23 bits per heavy atom. The summed E-state index contributed by atoms with van der Waals surface area (Å²) in [6.45, 7) is 2.69. The van der Waals surface area contributed by atoms with Gasteiger partial charge in [0, 0.05) is 26.4 Å². The number of hydrogen-bond donors (Lipinski definition) is 2. The highest BCUT2D eigenvalue weighted by molar-refractivity contribution is 5.87. The van der Waals surface area contributed by atoms with Gasteiger partial charge in [-0.3, -0.25) is 9.48 Å². The van der Waals surface area contributed by atoms with E-state index in [9.17, 15) is 4.79 Å². The van der Waals surface area contributed by atoms with Crippen LogP contribution in [-0.2, 0) is 31.2 Å². The molecule has 7 nitrogen and oxygen atoms in total. The zero-order valence-electron chi connectivity index (χ0n) is 15.1. The van der Waals surface area contributed by atoms with Gasteiger partial charge in [-0.1, -0.05) is 37.3 Å². The fourth-order valence-corrected chi connectivity index (χ4v) is 2.94. The molecule has 26 heavy (non-hydrogen) atoms. The van der Waals surface area contributed by atoms with Gasteiger partial charge in [-0.25, -0.2) is 9.97 Å². The summed E-state index contributed by atoms with van der Waals surface area (Å²) in [6.07, 6.45) is 1.93. The Morgan fingerprint density at radius 3 is 2.69 bits per heavy atom. The molecule has 1 aromatic carbocycles. The summed E-state index contributed by atoms with van der Waals surface area (Å²) in [5, 5.41) is 16.8. The van der Waals surface area contributed by atoms with Crippen molar-refractivity contribution in [3.05, 3.63) is 47.4 Å². The number of rotatable bonds is 8. The van der Waals surface area contributed by atoms with E-state index in [1.807, 2.05) is 36.9 Å². The number of anilines is 1. The molecule has 0 saturated heterocycles. The SMILES string of the molecule is CCc1nn(C)c2c(NCc3ccccc3)nc(CCCC(=O)O)nc12. The first-order chi connectivity index (χ1) is 12.6. The van der Waals surface area contributed by atoms with Crippen molar-refractivity contribution in [2.45, 2.75) is 39.2 Å². The van der Waals surface area contributed by atoms with E-state index in [1.54, 1.807) is 0 Å². The Kier molecular flexibility index (Phi) is 5.46. The van der Waals surface area contributed by atoms with Crippen molar-refractivity contribution in [2.75, 3.05) is 5.32 Å². The van der Waals surface area contributed by atoms with Crippen LogP contribution in [-0.4, -0.2) is 30.8 Å². The fraction of sp³-hybridized carbons (Fsp3) is 0.368. The van der Waals surface area contributed by atoms with Crippen molar-refractivity contribution < 1.29 is 9.90 Å². The summed E-state index contributed by atoms with van der Waals surface area (Å²) in [6, 6.07) is 10.1. The number of aliphatic carboxylic acids is 1. The highest BCUT2D eigenvalue weighted by atomic mass is 16.4. The molecule has 0 saturated carbocycles. The molecule has 2 aromatic heterocycles. The molecule has 3 aromatic rings. The number of hydrogen-bond acceptors (Lipinski definition) is 5. The van der Waals surface area contributed by atoms with Crippen molar-refractivity contribution >= 4 is 22.8 Å². The number of benzene rings is 1. The zero-order valence-corrected chi connectivity index (χ0v) is 15.1. The van der Waals surface area contributed by atoms with Gasteiger partial charge in [-0.05, 0) is 18.4 Å². The molecular formula is C19H23N5O2. The highest BCUT2D eigenvalue weighted by Crippen LogP contribution is 2.24. The highest BCUT2D eigenvalue weighted by Gasteiger charge is 2.16. The van der Waals surface area contributed by atoms with Gasteiger partial charge in [0.1, 0.15) is 16.9 Å². The van der Waals surface area contributed by atoms with Gasteiger partial charge in [0.2, 0.25) is 0 Å². The first-order valence-corrected chi connectivity index (χ1v) is 8.80. The van der Waals surface area contributed by atoms with Crippen LogP contribution in [0.15, 0.2) is 30.3 Å². The summed E-state index contributed by atoms with van der Waals surface area (Å²) in [5.74, 6) is 0.583. The Bertz CT molecular complexity index is 905. The predicted molar refractivity (Wildman–Crippen MR) is 100 cm³/mol. The standard InChI is InChI=1S/C19H23N5O2/c1-3-14-17-18(24(2)23-14)19(20-12-13-8-5-4-6-9-13)22-15(21-17)10-7-11-16(25)26/h4-6,8-9H,3,7,10-12H2,1-2H3,(H,25,26)(H,20,21,22). The first kappa shape index (κ1) is 17.8. The van der Waals surface area contributed by atoms with E-state index in [2.05, 4.69) is 32.5 Å². The van der Waals surface area contributed by atoms with Crippen LogP contribution in [0.5, 0.6) is 0 Å². The molecular weight excluding hydrogens is 330 g/mol. The number of fused-ring (bicyclic) bond motifs is 1. The summed E-state index contributed by atoms with van der Waals surface area (Å²) in [5.41, 5.74) is 3.79. The average Bonchev–Trinajstić information content (AvgIpc) is 2.96. The Morgan fingerprint density at radius 2 is 2.00 bits per heavy atom. The van der Waals surface area contributed by atoms with E-state index in [4.69, 9.17) is 5.11 Å². The molecule has 0 aliphatic carbocycles. The average molecular weight is 353 g/mol. The van der Waals surface area contributed by atoms with Gasteiger partial charge in [-0.2, -0.15) is 5.10 Å². The number of aromatic nitrogens is 4. The second-order valence-electron chi connectivity index (χ2n) is 6.20. The molecule has 0 spiro atoms. The first-order valence-electron chi connectivity index (χ1n) is 8.80. The molecule has 0 atom stereocenters. The lowest BCUT2D eigenvalue weighted by atomic mass is 10.2. The summed E-state index contributed by atoms with van der Waals surface area (Å²) in [7, 11) is 1.89. The Labute approximate surface area is 152 Å². The van der Waals surface area contributed by atoms with Crippen LogP contribution in [0.1, 0.15) is 36.8 Å². The number of aryl methyl sites for hydroxylation is 3. The molecule has 136 valence electrons. The van der Waals surface area contributed by atoms with Crippen LogP contribution in [0.2, 0.25) is 0 Å².